The lowest BCUT2D eigenvalue weighted by Crippen LogP contribution is -2.57. The van der Waals surface area contributed by atoms with Gasteiger partial charge >= 0.3 is 5.97 Å². The summed E-state index contributed by atoms with van der Waals surface area (Å²) in [5, 5.41) is 19.6. The van der Waals surface area contributed by atoms with Gasteiger partial charge in [0.1, 0.15) is 11.6 Å². The normalized spacial score (nSPS) is 31.6. The van der Waals surface area contributed by atoms with Crippen LogP contribution in [-0.2, 0) is 19.1 Å². The molecular formula is C24H28BrClN2O6. The number of carboxylic acid groups (broad SMARTS) is 1. The first kappa shape index (κ1) is 25.2. The summed E-state index contributed by atoms with van der Waals surface area (Å²) in [7, 11) is 0. The minimum atomic E-state index is -1.22. The van der Waals surface area contributed by atoms with Crippen molar-refractivity contribution in [2.24, 2.45) is 11.8 Å². The number of nitrogens with zero attached hydrogens (tertiary/aromatic N) is 2. The number of alkyl halides is 1. The van der Waals surface area contributed by atoms with E-state index in [0.717, 1.165) is 0 Å². The van der Waals surface area contributed by atoms with E-state index in [9.17, 15) is 19.5 Å². The Balaban J connectivity index is 1.74. The number of aliphatic hydroxyl groups excluding tert-OH is 1. The molecule has 3 saturated heterocycles. The summed E-state index contributed by atoms with van der Waals surface area (Å²) in [6, 6.07) is 5.84. The van der Waals surface area contributed by atoms with Gasteiger partial charge in [-0.1, -0.05) is 33.6 Å². The predicted molar refractivity (Wildman–Crippen MR) is 130 cm³/mol. The van der Waals surface area contributed by atoms with Gasteiger partial charge in [-0.2, -0.15) is 0 Å². The first-order valence-corrected chi connectivity index (χ1v) is 12.7. The molecule has 1 aromatic carbocycles. The molecule has 184 valence electrons. The van der Waals surface area contributed by atoms with Gasteiger partial charge < -0.3 is 24.7 Å². The van der Waals surface area contributed by atoms with Crippen LogP contribution in [0.25, 0.3) is 0 Å². The second-order valence-electron chi connectivity index (χ2n) is 9.03. The Bertz CT molecular complexity index is 975. The fourth-order valence-corrected chi connectivity index (χ4v) is 6.79. The van der Waals surface area contributed by atoms with Gasteiger partial charge in [0.05, 0.1) is 17.9 Å². The van der Waals surface area contributed by atoms with Crippen LogP contribution in [0.5, 0.6) is 0 Å². The Morgan fingerprint density at radius 3 is 2.62 bits per heavy atom. The number of benzene rings is 1. The number of likely N-dealkylation sites (tertiary alicyclic amines) is 1. The Kier molecular flexibility index (Phi) is 7.38. The van der Waals surface area contributed by atoms with Crippen molar-refractivity contribution < 1.29 is 29.3 Å². The Morgan fingerprint density at radius 1 is 1.29 bits per heavy atom. The number of unbranched alkanes of at least 4 members (excludes halogenated alkanes) is 2. The number of halogens is 2. The van der Waals surface area contributed by atoms with E-state index in [1.165, 1.54) is 9.80 Å². The van der Waals surface area contributed by atoms with Crippen LogP contribution in [0.2, 0.25) is 5.02 Å². The third-order valence-corrected chi connectivity index (χ3v) is 8.18. The van der Waals surface area contributed by atoms with Gasteiger partial charge in [-0.15, -0.1) is 6.58 Å². The van der Waals surface area contributed by atoms with Crippen molar-refractivity contribution in [3.8, 4) is 0 Å². The minimum absolute atomic E-state index is 0.0453. The topological polar surface area (TPSA) is 107 Å². The molecule has 10 heteroatoms. The first-order valence-electron chi connectivity index (χ1n) is 11.4. The van der Waals surface area contributed by atoms with Crippen molar-refractivity contribution in [3.63, 3.8) is 0 Å². The number of aliphatic carboxylic acids is 1. The number of hydrogen-bond acceptors (Lipinski definition) is 5. The maximum Gasteiger partial charge on any atom is 0.310 e. The first-order chi connectivity index (χ1) is 16.3. The summed E-state index contributed by atoms with van der Waals surface area (Å²) in [5.41, 5.74) is -0.627. The summed E-state index contributed by atoms with van der Waals surface area (Å²) in [4.78, 5) is 42.7. The van der Waals surface area contributed by atoms with Crippen molar-refractivity contribution in [1.82, 2.24) is 4.90 Å². The summed E-state index contributed by atoms with van der Waals surface area (Å²) < 4.78 is 6.29. The maximum absolute atomic E-state index is 14.1. The van der Waals surface area contributed by atoms with Gasteiger partial charge in [0, 0.05) is 35.2 Å². The van der Waals surface area contributed by atoms with E-state index < -0.39 is 35.6 Å². The molecule has 0 aliphatic carbocycles. The molecule has 0 aromatic heterocycles. The van der Waals surface area contributed by atoms with Crippen molar-refractivity contribution in [1.29, 1.82) is 0 Å². The van der Waals surface area contributed by atoms with E-state index in [4.69, 9.17) is 21.4 Å². The third-order valence-electron chi connectivity index (χ3n) is 7.08. The molecule has 3 aliphatic rings. The molecule has 0 radical (unpaired) electrons. The van der Waals surface area contributed by atoms with Gasteiger partial charge in [-0.25, -0.2) is 0 Å². The average Bonchev–Trinajstić information content (AvgIpc) is 3.39. The largest absolute Gasteiger partial charge is 0.481 e. The molecule has 1 aromatic rings. The smallest absolute Gasteiger partial charge is 0.310 e. The van der Waals surface area contributed by atoms with Crippen LogP contribution in [0.1, 0.15) is 25.7 Å². The van der Waals surface area contributed by atoms with E-state index in [0.29, 0.717) is 36.4 Å². The Morgan fingerprint density at radius 2 is 2.00 bits per heavy atom. The SMILES string of the molecule is C=CCN(C(=O)C1N(CCCCCO)C(=O)[C@@H]2[C@@H](C(=O)O)[C@@H]3OC12CC3Br)c1ccc(Cl)cc1. The van der Waals surface area contributed by atoms with E-state index in [1.807, 2.05) is 0 Å². The van der Waals surface area contributed by atoms with Gasteiger partial charge in [0.25, 0.3) is 5.91 Å². The van der Waals surface area contributed by atoms with Crippen molar-refractivity contribution in [3.05, 3.63) is 41.9 Å². The highest BCUT2D eigenvalue weighted by atomic mass is 79.9. The van der Waals surface area contributed by atoms with Crippen LogP contribution in [0.3, 0.4) is 0 Å². The monoisotopic (exact) mass is 554 g/mol. The molecule has 3 unspecified atom stereocenters. The highest BCUT2D eigenvalue weighted by Crippen LogP contribution is 2.60. The zero-order valence-corrected chi connectivity index (χ0v) is 21.0. The summed E-state index contributed by atoms with van der Waals surface area (Å²) in [5.74, 6) is -3.74. The standard InChI is InChI=1S/C24H28BrClN2O6/c1-2-10-27(15-8-6-14(26)7-9-15)22(31)20-24-13-16(25)19(34-24)17(23(32)33)18(24)21(30)28(20)11-4-3-5-12-29/h2,6-9,16-20,29H,1,3-5,10-13H2,(H,32,33)/t16?,17-,18+,19-,20?,24?/m1/s1. The van der Waals surface area contributed by atoms with Crippen molar-refractivity contribution in [2.75, 3.05) is 24.6 Å². The van der Waals surface area contributed by atoms with E-state index in [1.54, 1.807) is 30.3 Å². The maximum atomic E-state index is 14.1. The molecule has 2 amide bonds. The Labute approximate surface area is 211 Å². The second-order valence-corrected chi connectivity index (χ2v) is 10.6. The molecule has 2 bridgehead atoms. The molecule has 0 saturated carbocycles. The lowest BCUT2D eigenvalue weighted by molar-refractivity contribution is -0.149. The van der Waals surface area contributed by atoms with Crippen molar-refractivity contribution >= 4 is 51.0 Å². The molecule has 3 aliphatic heterocycles. The number of rotatable bonds is 10. The molecule has 1 spiro atoms. The molecule has 34 heavy (non-hydrogen) atoms. The zero-order valence-electron chi connectivity index (χ0n) is 18.6. The molecular weight excluding hydrogens is 528 g/mol. The van der Waals surface area contributed by atoms with Gasteiger partial charge in [0.15, 0.2) is 0 Å². The van der Waals surface area contributed by atoms with E-state index >= 15 is 0 Å². The van der Waals surface area contributed by atoms with Crippen LogP contribution < -0.4 is 4.90 Å². The van der Waals surface area contributed by atoms with Crippen molar-refractivity contribution in [2.45, 2.75) is 48.3 Å². The number of fused-ring (bicyclic) bond motifs is 1. The minimum Gasteiger partial charge on any atom is -0.481 e. The number of carbonyl (C=O) groups is 3. The summed E-state index contributed by atoms with van der Waals surface area (Å²) in [6.07, 6.45) is 3.14. The van der Waals surface area contributed by atoms with Gasteiger partial charge in [0.2, 0.25) is 5.91 Å². The van der Waals surface area contributed by atoms with Crippen LogP contribution in [0.4, 0.5) is 5.69 Å². The van der Waals surface area contributed by atoms with E-state index in [2.05, 4.69) is 22.5 Å². The highest BCUT2D eigenvalue weighted by Gasteiger charge is 2.76. The number of aliphatic hydroxyl groups is 1. The number of carboxylic acids is 1. The number of amides is 2. The zero-order chi connectivity index (χ0) is 24.6. The average molecular weight is 556 g/mol. The van der Waals surface area contributed by atoms with E-state index in [-0.39, 0.29) is 36.3 Å². The lowest BCUT2D eigenvalue weighted by atomic mass is 9.70. The summed E-state index contributed by atoms with van der Waals surface area (Å²) in [6.45, 7) is 4.30. The fraction of sp³-hybridized carbons (Fsp3) is 0.542. The predicted octanol–water partition coefficient (Wildman–Crippen LogP) is 2.85. The van der Waals surface area contributed by atoms with Crippen LogP contribution in [-0.4, -0.2) is 75.2 Å². The number of hydrogen-bond donors (Lipinski definition) is 2. The van der Waals surface area contributed by atoms with Crippen LogP contribution in [0, 0.1) is 11.8 Å². The quantitative estimate of drug-likeness (QED) is 0.261. The molecule has 6 atom stereocenters. The van der Waals surface area contributed by atoms with Gasteiger partial charge in [-0.3, -0.25) is 14.4 Å². The number of carbonyl (C=O) groups excluding carboxylic acids is 2. The highest BCUT2D eigenvalue weighted by molar-refractivity contribution is 9.09. The molecule has 8 nitrogen and oxygen atoms in total. The third kappa shape index (κ3) is 4.06. The molecule has 2 N–H and O–H groups in total. The number of anilines is 1. The number of ether oxygens (including phenoxy) is 1. The van der Waals surface area contributed by atoms with Crippen LogP contribution in [0.15, 0.2) is 36.9 Å². The molecule has 3 fully saturated rings. The Hall–Kier alpha value is -1.94. The summed E-state index contributed by atoms with van der Waals surface area (Å²) >= 11 is 9.58. The fourth-order valence-electron chi connectivity index (χ4n) is 5.72. The van der Waals surface area contributed by atoms with Crippen LogP contribution >= 0.6 is 27.5 Å². The van der Waals surface area contributed by atoms with Gasteiger partial charge in [-0.05, 0) is 49.9 Å². The molecule has 4 rings (SSSR count). The lowest BCUT2D eigenvalue weighted by Gasteiger charge is -2.37. The molecule has 3 heterocycles. The second kappa shape index (κ2) is 9.97.